The zero-order valence-electron chi connectivity index (χ0n) is 8.95. The molecule has 0 radical (unpaired) electrons. The van der Waals surface area contributed by atoms with Crippen LogP contribution in [0.4, 0.5) is 10.1 Å². The number of pyridine rings is 1. The minimum Gasteiger partial charge on any atom is -0.318 e. The van der Waals surface area contributed by atoms with E-state index in [4.69, 9.17) is 11.6 Å². The molecule has 1 aromatic carbocycles. The summed E-state index contributed by atoms with van der Waals surface area (Å²) in [6.07, 6.45) is 0. The number of carbonyl (C=O) groups is 1. The van der Waals surface area contributed by atoms with Gasteiger partial charge in [-0.15, -0.1) is 0 Å². The number of anilines is 1. The van der Waals surface area contributed by atoms with Gasteiger partial charge in [-0.05, 0) is 30.3 Å². The molecule has 0 aliphatic carbocycles. The molecule has 3 nitrogen and oxygen atoms in total. The van der Waals surface area contributed by atoms with Crippen LogP contribution in [0, 0.1) is 5.82 Å². The fraction of sp³-hybridized carbons (Fsp3) is 0. The summed E-state index contributed by atoms with van der Waals surface area (Å²) in [5.41, 5.74) is 0.217. The Morgan fingerprint density at radius 3 is 2.78 bits per heavy atom. The summed E-state index contributed by atoms with van der Waals surface area (Å²) in [7, 11) is 0. The number of halogens is 3. The topological polar surface area (TPSA) is 42.0 Å². The second-order valence-electron chi connectivity index (χ2n) is 3.42. The number of hydrogen-bond acceptors (Lipinski definition) is 2. The highest BCUT2D eigenvalue weighted by molar-refractivity contribution is 9.10. The van der Waals surface area contributed by atoms with Crippen LogP contribution in [-0.4, -0.2) is 10.9 Å². The van der Waals surface area contributed by atoms with Crippen molar-refractivity contribution >= 4 is 39.1 Å². The van der Waals surface area contributed by atoms with E-state index < -0.39 is 11.7 Å². The molecule has 0 saturated heterocycles. The monoisotopic (exact) mass is 328 g/mol. The summed E-state index contributed by atoms with van der Waals surface area (Å²) < 4.78 is 14.1. The van der Waals surface area contributed by atoms with E-state index in [0.717, 1.165) is 0 Å². The lowest BCUT2D eigenvalue weighted by Gasteiger charge is -2.06. The fourth-order valence-electron chi connectivity index (χ4n) is 1.31. The van der Waals surface area contributed by atoms with E-state index >= 15 is 0 Å². The molecule has 18 heavy (non-hydrogen) atoms. The van der Waals surface area contributed by atoms with Crippen molar-refractivity contribution in [1.82, 2.24) is 4.98 Å². The summed E-state index contributed by atoms with van der Waals surface area (Å²) in [5.74, 6) is -1.04. The van der Waals surface area contributed by atoms with Crippen LogP contribution in [0.2, 0.25) is 5.15 Å². The average molecular weight is 330 g/mol. The smallest absolute Gasteiger partial charge is 0.274 e. The number of carbonyl (C=O) groups excluding carboxylic acids is 1. The zero-order valence-corrected chi connectivity index (χ0v) is 11.3. The van der Waals surface area contributed by atoms with Gasteiger partial charge in [0.1, 0.15) is 16.7 Å². The summed E-state index contributed by atoms with van der Waals surface area (Å²) >= 11 is 8.81. The molecule has 1 amide bonds. The van der Waals surface area contributed by atoms with Gasteiger partial charge in [-0.1, -0.05) is 33.6 Å². The van der Waals surface area contributed by atoms with Crippen molar-refractivity contribution in [3.8, 4) is 0 Å². The van der Waals surface area contributed by atoms with Gasteiger partial charge < -0.3 is 5.32 Å². The maximum Gasteiger partial charge on any atom is 0.274 e. The Bertz CT molecular complexity index is 606. The molecule has 0 atom stereocenters. The molecular weight excluding hydrogens is 322 g/mol. The van der Waals surface area contributed by atoms with Crippen LogP contribution in [0.15, 0.2) is 40.9 Å². The van der Waals surface area contributed by atoms with Gasteiger partial charge in [-0.25, -0.2) is 9.37 Å². The summed E-state index contributed by atoms with van der Waals surface area (Å²) in [6.45, 7) is 0. The highest BCUT2D eigenvalue weighted by atomic mass is 79.9. The van der Waals surface area contributed by atoms with Gasteiger partial charge in [0.25, 0.3) is 5.91 Å². The second kappa shape index (κ2) is 5.46. The molecule has 92 valence electrons. The number of hydrogen-bond donors (Lipinski definition) is 1. The highest BCUT2D eigenvalue weighted by Gasteiger charge is 2.11. The van der Waals surface area contributed by atoms with Crippen LogP contribution in [0.25, 0.3) is 0 Å². The molecular formula is C12H7BrClFN2O. The molecule has 0 saturated carbocycles. The number of nitrogens with one attached hydrogen (secondary N) is 1. The molecule has 1 aromatic heterocycles. The lowest BCUT2D eigenvalue weighted by Crippen LogP contribution is -2.14. The zero-order chi connectivity index (χ0) is 13.1. The Morgan fingerprint density at radius 1 is 1.33 bits per heavy atom. The first-order chi connectivity index (χ1) is 8.56. The molecule has 6 heteroatoms. The minimum absolute atomic E-state index is 0.0879. The third kappa shape index (κ3) is 3.05. The van der Waals surface area contributed by atoms with E-state index in [1.165, 1.54) is 18.2 Å². The maximum absolute atomic E-state index is 13.5. The summed E-state index contributed by atoms with van der Waals surface area (Å²) in [6, 6.07) is 9.01. The minimum atomic E-state index is -0.528. The molecule has 0 spiro atoms. The van der Waals surface area contributed by atoms with Crippen LogP contribution < -0.4 is 5.32 Å². The largest absolute Gasteiger partial charge is 0.318 e. The number of nitrogens with zero attached hydrogens (tertiary/aromatic N) is 1. The van der Waals surface area contributed by atoms with Crippen molar-refractivity contribution in [2.24, 2.45) is 0 Å². The lowest BCUT2D eigenvalue weighted by atomic mass is 10.3. The van der Waals surface area contributed by atoms with Gasteiger partial charge >= 0.3 is 0 Å². The fourth-order valence-corrected chi connectivity index (χ4v) is 1.81. The van der Waals surface area contributed by atoms with Gasteiger partial charge in [0.05, 0.1) is 5.69 Å². The van der Waals surface area contributed by atoms with E-state index in [0.29, 0.717) is 4.47 Å². The molecule has 2 rings (SSSR count). The van der Waals surface area contributed by atoms with Crippen molar-refractivity contribution < 1.29 is 9.18 Å². The van der Waals surface area contributed by atoms with Gasteiger partial charge in [0.15, 0.2) is 0 Å². The third-order valence-electron chi connectivity index (χ3n) is 2.13. The number of amides is 1. The molecule has 1 N–H and O–H groups in total. The van der Waals surface area contributed by atoms with Gasteiger partial charge in [0.2, 0.25) is 0 Å². The first kappa shape index (κ1) is 13.0. The Morgan fingerprint density at radius 2 is 2.11 bits per heavy atom. The molecule has 0 aliphatic heterocycles. The standard InChI is InChI=1S/C12H7BrClFN2O/c13-7-4-5-9(8(15)6-7)17-12(18)10-2-1-3-11(14)16-10/h1-6H,(H,17,18). The van der Waals surface area contributed by atoms with Crippen molar-refractivity contribution in [2.45, 2.75) is 0 Å². The van der Waals surface area contributed by atoms with Crippen LogP contribution in [-0.2, 0) is 0 Å². The van der Waals surface area contributed by atoms with Crippen molar-refractivity contribution in [2.75, 3.05) is 5.32 Å². The van der Waals surface area contributed by atoms with Crippen LogP contribution in [0.3, 0.4) is 0 Å². The number of benzene rings is 1. The van der Waals surface area contributed by atoms with E-state index in [1.807, 2.05) is 0 Å². The molecule has 1 heterocycles. The van der Waals surface area contributed by atoms with Crippen LogP contribution in [0.1, 0.15) is 10.5 Å². The first-order valence-corrected chi connectivity index (χ1v) is 6.12. The summed E-state index contributed by atoms with van der Waals surface area (Å²) in [5, 5.41) is 2.63. The van der Waals surface area contributed by atoms with Gasteiger partial charge in [-0.2, -0.15) is 0 Å². The van der Waals surface area contributed by atoms with Crippen molar-refractivity contribution in [3.05, 3.63) is 57.5 Å². The van der Waals surface area contributed by atoms with Crippen LogP contribution in [0.5, 0.6) is 0 Å². The predicted molar refractivity (Wildman–Crippen MR) is 71.3 cm³/mol. The van der Waals surface area contributed by atoms with Crippen LogP contribution >= 0.6 is 27.5 Å². The Kier molecular flexibility index (Phi) is 3.93. The highest BCUT2D eigenvalue weighted by Crippen LogP contribution is 2.20. The Balaban J connectivity index is 2.21. The Hall–Kier alpha value is -1.46. The average Bonchev–Trinajstić information content (AvgIpc) is 2.32. The second-order valence-corrected chi connectivity index (χ2v) is 4.73. The van der Waals surface area contributed by atoms with Gasteiger partial charge in [-0.3, -0.25) is 4.79 Å². The normalized spacial score (nSPS) is 10.2. The Labute approximate surface area is 116 Å². The van der Waals surface area contributed by atoms with E-state index in [9.17, 15) is 9.18 Å². The quantitative estimate of drug-likeness (QED) is 0.849. The molecule has 0 unspecified atom stereocenters. The van der Waals surface area contributed by atoms with E-state index in [2.05, 4.69) is 26.2 Å². The van der Waals surface area contributed by atoms with E-state index in [-0.39, 0.29) is 16.5 Å². The molecule has 2 aromatic rings. The predicted octanol–water partition coefficient (Wildman–Crippen LogP) is 3.89. The molecule has 0 bridgehead atoms. The lowest BCUT2D eigenvalue weighted by molar-refractivity contribution is 0.102. The summed E-state index contributed by atoms with van der Waals surface area (Å²) in [4.78, 5) is 15.6. The van der Waals surface area contributed by atoms with Crippen molar-refractivity contribution in [1.29, 1.82) is 0 Å². The molecule has 0 aliphatic rings. The van der Waals surface area contributed by atoms with Gasteiger partial charge in [0, 0.05) is 4.47 Å². The molecule has 0 fully saturated rings. The van der Waals surface area contributed by atoms with Crippen molar-refractivity contribution in [3.63, 3.8) is 0 Å². The van der Waals surface area contributed by atoms with E-state index in [1.54, 1.807) is 18.2 Å². The first-order valence-electron chi connectivity index (χ1n) is 4.95. The maximum atomic E-state index is 13.5. The number of aromatic nitrogens is 1. The number of rotatable bonds is 2. The SMILES string of the molecule is O=C(Nc1ccc(Br)cc1F)c1cccc(Cl)n1. The third-order valence-corrected chi connectivity index (χ3v) is 2.83.